The Morgan fingerprint density at radius 3 is 1.78 bits per heavy atom. The molecule has 0 aromatic carbocycles. The summed E-state index contributed by atoms with van der Waals surface area (Å²) in [7, 11) is 0. The van der Waals surface area contributed by atoms with Gasteiger partial charge in [0.2, 0.25) is 5.91 Å². The lowest BCUT2D eigenvalue weighted by atomic mass is 10.2. The van der Waals surface area contributed by atoms with Crippen molar-refractivity contribution >= 4 is 5.91 Å². The summed E-state index contributed by atoms with van der Waals surface area (Å²) in [5.74, 6) is -0.185. The Bertz CT molecular complexity index is 281. The third kappa shape index (κ3) is 9.19. The molecule has 0 saturated heterocycles. The van der Waals surface area contributed by atoms with Gasteiger partial charge < -0.3 is 14.8 Å². The zero-order chi connectivity index (χ0) is 14.6. The molecule has 4 nitrogen and oxygen atoms in total. The smallest absolute Gasteiger partial charge is 0.246 e. The van der Waals surface area contributed by atoms with Crippen LogP contribution in [0.1, 0.15) is 48.5 Å². The van der Waals surface area contributed by atoms with Gasteiger partial charge in [-0.25, -0.2) is 0 Å². The average Bonchev–Trinajstić information content (AvgIpc) is 2.08. The van der Waals surface area contributed by atoms with Crippen LogP contribution in [0.5, 0.6) is 0 Å². The van der Waals surface area contributed by atoms with E-state index in [1.54, 1.807) is 6.92 Å². The molecule has 106 valence electrons. The maximum Gasteiger partial charge on any atom is 0.246 e. The Hall–Kier alpha value is -0.870. The van der Waals surface area contributed by atoms with Crippen molar-refractivity contribution in [3.63, 3.8) is 0 Å². The predicted molar refractivity (Wildman–Crippen MR) is 73.3 cm³/mol. The standard InChI is InChI=1S/C14H27NO3/c1-10(2)12(16)15-9-11(17-13(3,4)5)18-14(6,7)8/h11H,1,9H2,2-8H3,(H,15,16). The van der Waals surface area contributed by atoms with Crippen LogP contribution in [-0.2, 0) is 14.3 Å². The van der Waals surface area contributed by atoms with Crippen LogP contribution < -0.4 is 5.32 Å². The third-order valence-electron chi connectivity index (χ3n) is 1.79. The fourth-order valence-corrected chi connectivity index (χ4v) is 1.22. The summed E-state index contributed by atoms with van der Waals surface area (Å²) >= 11 is 0. The summed E-state index contributed by atoms with van der Waals surface area (Å²) in [6.45, 7) is 17.3. The van der Waals surface area contributed by atoms with E-state index in [1.165, 1.54) is 0 Å². The van der Waals surface area contributed by atoms with Crippen molar-refractivity contribution in [1.82, 2.24) is 5.32 Å². The number of hydrogen-bond donors (Lipinski definition) is 1. The second-order valence-electron chi connectivity index (χ2n) is 6.38. The minimum Gasteiger partial charge on any atom is -0.347 e. The lowest BCUT2D eigenvalue weighted by molar-refractivity contribution is -0.230. The van der Waals surface area contributed by atoms with E-state index in [4.69, 9.17) is 9.47 Å². The van der Waals surface area contributed by atoms with Gasteiger partial charge in [0.25, 0.3) is 0 Å². The van der Waals surface area contributed by atoms with Gasteiger partial charge >= 0.3 is 0 Å². The van der Waals surface area contributed by atoms with Crippen LogP contribution in [0.4, 0.5) is 0 Å². The largest absolute Gasteiger partial charge is 0.347 e. The summed E-state index contributed by atoms with van der Waals surface area (Å²) in [6.07, 6.45) is -0.478. The van der Waals surface area contributed by atoms with Gasteiger partial charge in [-0.05, 0) is 48.5 Å². The number of hydrogen-bond acceptors (Lipinski definition) is 3. The topological polar surface area (TPSA) is 47.6 Å². The van der Waals surface area contributed by atoms with E-state index in [9.17, 15) is 4.79 Å². The number of carbonyl (C=O) groups excluding carboxylic acids is 1. The fraction of sp³-hybridized carbons (Fsp3) is 0.786. The quantitative estimate of drug-likeness (QED) is 0.608. The third-order valence-corrected chi connectivity index (χ3v) is 1.79. The van der Waals surface area contributed by atoms with Crippen LogP contribution >= 0.6 is 0 Å². The van der Waals surface area contributed by atoms with Gasteiger partial charge in [0.05, 0.1) is 17.7 Å². The molecule has 0 aliphatic rings. The summed E-state index contributed by atoms with van der Waals surface area (Å²) in [5.41, 5.74) is -0.187. The Kier molecular flexibility index (Phi) is 6.04. The van der Waals surface area contributed by atoms with E-state index < -0.39 is 6.29 Å². The fourth-order valence-electron chi connectivity index (χ4n) is 1.22. The molecule has 0 bridgehead atoms. The molecule has 0 aromatic rings. The van der Waals surface area contributed by atoms with E-state index in [-0.39, 0.29) is 17.1 Å². The van der Waals surface area contributed by atoms with E-state index in [0.717, 1.165) is 0 Å². The molecule has 0 rings (SSSR count). The predicted octanol–water partition coefficient (Wildman–Crippen LogP) is 2.64. The van der Waals surface area contributed by atoms with Gasteiger partial charge in [0.15, 0.2) is 6.29 Å². The normalized spacial score (nSPS) is 12.7. The highest BCUT2D eigenvalue weighted by Gasteiger charge is 2.24. The van der Waals surface area contributed by atoms with Gasteiger partial charge in [0, 0.05) is 5.57 Å². The van der Waals surface area contributed by atoms with Crippen molar-refractivity contribution in [3.8, 4) is 0 Å². The second-order valence-corrected chi connectivity index (χ2v) is 6.38. The lowest BCUT2D eigenvalue weighted by Crippen LogP contribution is -2.43. The van der Waals surface area contributed by atoms with Crippen molar-refractivity contribution < 1.29 is 14.3 Å². The number of ether oxygens (including phenoxy) is 2. The summed E-state index contributed by atoms with van der Waals surface area (Å²) in [4.78, 5) is 11.5. The molecule has 1 N–H and O–H groups in total. The van der Waals surface area contributed by atoms with Crippen LogP contribution in [0.25, 0.3) is 0 Å². The van der Waals surface area contributed by atoms with Crippen LogP contribution in [0.3, 0.4) is 0 Å². The maximum absolute atomic E-state index is 11.5. The molecule has 0 aliphatic heterocycles. The van der Waals surface area contributed by atoms with Crippen LogP contribution in [0.15, 0.2) is 12.2 Å². The molecule has 0 fully saturated rings. The molecule has 0 radical (unpaired) electrons. The van der Waals surface area contributed by atoms with Crippen molar-refractivity contribution in [2.75, 3.05) is 6.54 Å². The molecule has 0 aliphatic carbocycles. The summed E-state index contributed by atoms with van der Waals surface area (Å²) < 4.78 is 11.6. The van der Waals surface area contributed by atoms with Crippen molar-refractivity contribution in [1.29, 1.82) is 0 Å². The minimum atomic E-state index is -0.478. The molecule has 4 heteroatoms. The lowest BCUT2D eigenvalue weighted by Gasteiger charge is -2.32. The van der Waals surface area contributed by atoms with E-state index in [2.05, 4.69) is 11.9 Å². The number of amides is 1. The molecule has 0 atom stereocenters. The van der Waals surface area contributed by atoms with Gasteiger partial charge in [0.1, 0.15) is 0 Å². The summed E-state index contributed by atoms with van der Waals surface area (Å²) in [5, 5.41) is 2.74. The molecular formula is C14H27NO3. The van der Waals surface area contributed by atoms with Crippen LogP contribution in [0, 0.1) is 0 Å². The first-order valence-corrected chi connectivity index (χ1v) is 6.20. The highest BCUT2D eigenvalue weighted by atomic mass is 16.7. The first-order chi connectivity index (χ1) is 7.91. The first kappa shape index (κ1) is 17.1. The van der Waals surface area contributed by atoms with Crippen LogP contribution in [-0.4, -0.2) is 29.9 Å². The zero-order valence-corrected chi connectivity index (χ0v) is 12.7. The van der Waals surface area contributed by atoms with Crippen LogP contribution in [0.2, 0.25) is 0 Å². The maximum atomic E-state index is 11.5. The molecule has 0 unspecified atom stereocenters. The second kappa shape index (κ2) is 6.34. The molecule has 0 heterocycles. The van der Waals surface area contributed by atoms with Crippen molar-refractivity contribution in [2.24, 2.45) is 0 Å². The monoisotopic (exact) mass is 257 g/mol. The van der Waals surface area contributed by atoms with Gasteiger partial charge in [-0.2, -0.15) is 0 Å². The number of rotatable bonds is 5. The molecule has 1 amide bonds. The van der Waals surface area contributed by atoms with Crippen molar-refractivity contribution in [2.45, 2.75) is 66.0 Å². The Balaban J connectivity index is 4.48. The summed E-state index contributed by atoms with van der Waals surface area (Å²) in [6, 6.07) is 0. The number of nitrogens with one attached hydrogen (secondary N) is 1. The molecule has 0 saturated carbocycles. The first-order valence-electron chi connectivity index (χ1n) is 6.20. The molecule has 0 aromatic heterocycles. The zero-order valence-electron chi connectivity index (χ0n) is 12.7. The van der Waals surface area contributed by atoms with Gasteiger partial charge in [-0.15, -0.1) is 0 Å². The highest BCUT2D eigenvalue weighted by molar-refractivity contribution is 5.92. The Labute approximate surface area is 111 Å². The molecule has 0 spiro atoms. The Morgan fingerprint density at radius 2 is 1.50 bits per heavy atom. The van der Waals surface area contributed by atoms with Gasteiger partial charge in [-0.3, -0.25) is 4.79 Å². The number of carbonyl (C=O) groups is 1. The van der Waals surface area contributed by atoms with E-state index in [1.807, 2.05) is 41.5 Å². The van der Waals surface area contributed by atoms with Gasteiger partial charge in [-0.1, -0.05) is 6.58 Å². The minimum absolute atomic E-state index is 0.185. The Morgan fingerprint density at radius 1 is 1.11 bits per heavy atom. The van der Waals surface area contributed by atoms with Crippen molar-refractivity contribution in [3.05, 3.63) is 12.2 Å². The highest BCUT2D eigenvalue weighted by Crippen LogP contribution is 2.17. The average molecular weight is 257 g/mol. The van der Waals surface area contributed by atoms with E-state index in [0.29, 0.717) is 12.1 Å². The molecule has 18 heavy (non-hydrogen) atoms. The SMILES string of the molecule is C=C(C)C(=O)NCC(OC(C)(C)C)OC(C)(C)C. The van der Waals surface area contributed by atoms with E-state index >= 15 is 0 Å². The molecular weight excluding hydrogens is 230 g/mol.